The second kappa shape index (κ2) is 10.0. The zero-order chi connectivity index (χ0) is 19.9. The molecule has 1 unspecified atom stereocenters. The molecule has 1 saturated carbocycles. The van der Waals surface area contributed by atoms with Gasteiger partial charge in [-0.15, -0.1) is 0 Å². The fraction of sp³-hybridized carbons (Fsp3) is 0.542. The zero-order valence-corrected chi connectivity index (χ0v) is 17.2. The molecule has 3 atom stereocenters. The van der Waals surface area contributed by atoms with Gasteiger partial charge in [-0.3, -0.25) is 4.79 Å². The van der Waals surface area contributed by atoms with E-state index in [0.29, 0.717) is 12.5 Å². The summed E-state index contributed by atoms with van der Waals surface area (Å²) in [5.74, 6) is 0.514. The fourth-order valence-electron chi connectivity index (χ4n) is 4.51. The molecule has 1 amide bonds. The summed E-state index contributed by atoms with van der Waals surface area (Å²) < 4.78 is 5.79. The van der Waals surface area contributed by atoms with Gasteiger partial charge < -0.3 is 15.8 Å². The van der Waals surface area contributed by atoms with Gasteiger partial charge in [-0.1, -0.05) is 74.6 Å². The number of ether oxygens (including phenoxy) is 1. The van der Waals surface area contributed by atoms with E-state index in [4.69, 9.17) is 10.5 Å². The predicted molar refractivity (Wildman–Crippen MR) is 115 cm³/mol. The van der Waals surface area contributed by atoms with Crippen LogP contribution in [0.25, 0.3) is 10.8 Å². The third-order valence-electron chi connectivity index (χ3n) is 5.97. The Hall–Kier alpha value is -1.91. The van der Waals surface area contributed by atoms with Gasteiger partial charge in [-0.2, -0.15) is 0 Å². The number of nitrogens with two attached hydrogens (primary N) is 1. The minimum absolute atomic E-state index is 0.106. The van der Waals surface area contributed by atoms with Gasteiger partial charge in [-0.05, 0) is 42.5 Å². The zero-order valence-electron chi connectivity index (χ0n) is 17.2. The molecule has 4 heteroatoms. The lowest BCUT2D eigenvalue weighted by atomic mass is 9.84. The average Bonchev–Trinajstić information content (AvgIpc) is 2.72. The first kappa shape index (κ1) is 20.8. The van der Waals surface area contributed by atoms with Crippen molar-refractivity contribution in [2.24, 2.45) is 11.7 Å². The number of hydrogen-bond donors (Lipinski definition) is 2. The van der Waals surface area contributed by atoms with Crippen molar-refractivity contribution in [1.82, 2.24) is 5.32 Å². The van der Waals surface area contributed by atoms with Gasteiger partial charge in [0.25, 0.3) is 5.91 Å². The third-order valence-corrected chi connectivity index (χ3v) is 5.97. The Morgan fingerprint density at radius 3 is 2.61 bits per heavy atom. The van der Waals surface area contributed by atoms with E-state index in [1.807, 2.05) is 32.0 Å². The molecule has 0 aliphatic heterocycles. The first-order valence-electron chi connectivity index (χ1n) is 10.8. The molecule has 0 saturated heterocycles. The summed E-state index contributed by atoms with van der Waals surface area (Å²) in [4.78, 5) is 13.0. The molecule has 2 aromatic rings. The van der Waals surface area contributed by atoms with E-state index in [9.17, 15) is 4.79 Å². The molecule has 0 aromatic heterocycles. The van der Waals surface area contributed by atoms with Crippen LogP contribution in [0.4, 0.5) is 0 Å². The molecule has 0 radical (unpaired) electrons. The summed E-state index contributed by atoms with van der Waals surface area (Å²) >= 11 is 0. The molecular formula is C24H34N2O2. The average molecular weight is 383 g/mol. The Balaban J connectivity index is 1.68. The van der Waals surface area contributed by atoms with Crippen LogP contribution >= 0.6 is 0 Å². The lowest BCUT2D eigenvalue weighted by Gasteiger charge is -2.29. The molecule has 0 heterocycles. The van der Waals surface area contributed by atoms with Gasteiger partial charge in [0.05, 0.1) is 6.04 Å². The number of benzene rings is 2. The van der Waals surface area contributed by atoms with E-state index >= 15 is 0 Å². The van der Waals surface area contributed by atoms with Crippen molar-refractivity contribution in [3.63, 3.8) is 0 Å². The summed E-state index contributed by atoms with van der Waals surface area (Å²) in [7, 11) is 0. The topological polar surface area (TPSA) is 64.3 Å². The molecule has 3 N–H and O–H groups in total. The van der Waals surface area contributed by atoms with Crippen LogP contribution < -0.4 is 11.1 Å². The van der Waals surface area contributed by atoms with Gasteiger partial charge >= 0.3 is 0 Å². The van der Waals surface area contributed by atoms with E-state index in [0.717, 1.165) is 17.4 Å². The van der Waals surface area contributed by atoms with Gasteiger partial charge in [0, 0.05) is 12.6 Å². The van der Waals surface area contributed by atoms with Crippen LogP contribution in [0.5, 0.6) is 0 Å². The summed E-state index contributed by atoms with van der Waals surface area (Å²) in [6.07, 6.45) is 6.59. The first-order valence-corrected chi connectivity index (χ1v) is 10.8. The van der Waals surface area contributed by atoms with Crippen LogP contribution in [0, 0.1) is 5.92 Å². The van der Waals surface area contributed by atoms with Crippen molar-refractivity contribution in [3.05, 3.63) is 48.0 Å². The quantitative estimate of drug-likeness (QED) is 0.694. The Labute approximate surface area is 168 Å². The number of fused-ring (bicyclic) bond motifs is 1. The summed E-state index contributed by atoms with van der Waals surface area (Å²) in [6, 6.07) is 14.1. The number of nitrogens with one attached hydrogen (secondary N) is 1. The van der Waals surface area contributed by atoms with Crippen LogP contribution in [-0.2, 0) is 9.53 Å². The molecular weight excluding hydrogens is 348 g/mol. The first-order chi connectivity index (χ1) is 13.6. The summed E-state index contributed by atoms with van der Waals surface area (Å²) in [5.41, 5.74) is 7.57. The van der Waals surface area contributed by atoms with Gasteiger partial charge in [-0.25, -0.2) is 0 Å². The monoisotopic (exact) mass is 382 g/mol. The number of carbonyl (C=O) groups is 1. The van der Waals surface area contributed by atoms with Crippen LogP contribution in [0.2, 0.25) is 0 Å². The number of amides is 1. The van der Waals surface area contributed by atoms with Crippen molar-refractivity contribution >= 4 is 16.7 Å². The van der Waals surface area contributed by atoms with Crippen molar-refractivity contribution in [3.8, 4) is 0 Å². The number of carbonyl (C=O) groups excluding carboxylic acids is 1. The molecule has 1 fully saturated rings. The molecule has 2 aromatic carbocycles. The van der Waals surface area contributed by atoms with E-state index in [1.165, 1.54) is 37.5 Å². The van der Waals surface area contributed by atoms with Crippen LogP contribution in [0.15, 0.2) is 42.5 Å². The lowest BCUT2D eigenvalue weighted by molar-refractivity contribution is -0.134. The number of rotatable bonds is 8. The molecule has 4 nitrogen and oxygen atoms in total. The Morgan fingerprint density at radius 1 is 1.14 bits per heavy atom. The SMILES string of the molecule is CCOC(C(=O)N[C@@H](C)c1cccc2ccccc12)[C@H](N)CC1CCCCC1. The highest BCUT2D eigenvalue weighted by atomic mass is 16.5. The fourth-order valence-corrected chi connectivity index (χ4v) is 4.51. The van der Waals surface area contributed by atoms with Crippen molar-refractivity contribution in [1.29, 1.82) is 0 Å². The normalized spacial score (nSPS) is 18.5. The molecule has 3 rings (SSSR count). The van der Waals surface area contributed by atoms with Crippen LogP contribution in [0.1, 0.15) is 64.0 Å². The standard InChI is InChI=1S/C24H34N2O2/c1-3-28-23(22(25)16-18-10-5-4-6-11-18)24(27)26-17(2)20-15-9-13-19-12-7-8-14-21(19)20/h7-9,12-15,17-18,22-23H,3-6,10-11,16,25H2,1-2H3,(H,26,27)/t17-,22+,23?/m0/s1. The minimum Gasteiger partial charge on any atom is -0.367 e. The van der Waals surface area contributed by atoms with Gasteiger partial charge in [0.1, 0.15) is 0 Å². The second-order valence-electron chi connectivity index (χ2n) is 8.08. The molecule has 0 bridgehead atoms. The molecule has 1 aliphatic carbocycles. The minimum atomic E-state index is -0.593. The van der Waals surface area contributed by atoms with Crippen LogP contribution in [0.3, 0.4) is 0 Å². The highest BCUT2D eigenvalue weighted by molar-refractivity contribution is 5.87. The van der Waals surface area contributed by atoms with Crippen molar-refractivity contribution in [2.75, 3.05) is 6.61 Å². The molecule has 28 heavy (non-hydrogen) atoms. The largest absolute Gasteiger partial charge is 0.367 e. The van der Waals surface area contributed by atoms with E-state index in [1.54, 1.807) is 0 Å². The molecule has 0 spiro atoms. The summed E-state index contributed by atoms with van der Waals surface area (Å²) in [6.45, 7) is 4.43. The highest BCUT2D eigenvalue weighted by Crippen LogP contribution is 2.28. The second-order valence-corrected chi connectivity index (χ2v) is 8.08. The third kappa shape index (κ3) is 5.12. The molecule has 152 valence electrons. The van der Waals surface area contributed by atoms with E-state index in [-0.39, 0.29) is 18.0 Å². The maximum absolute atomic E-state index is 13.0. The van der Waals surface area contributed by atoms with E-state index < -0.39 is 6.10 Å². The molecule has 1 aliphatic rings. The van der Waals surface area contributed by atoms with Crippen molar-refractivity contribution < 1.29 is 9.53 Å². The van der Waals surface area contributed by atoms with Crippen molar-refractivity contribution in [2.45, 2.75) is 70.6 Å². The van der Waals surface area contributed by atoms with Crippen LogP contribution in [-0.4, -0.2) is 24.7 Å². The summed E-state index contributed by atoms with van der Waals surface area (Å²) in [5, 5.41) is 5.49. The van der Waals surface area contributed by atoms with Gasteiger partial charge in [0.15, 0.2) is 6.10 Å². The van der Waals surface area contributed by atoms with Gasteiger partial charge in [0.2, 0.25) is 0 Å². The Morgan fingerprint density at radius 2 is 1.86 bits per heavy atom. The smallest absolute Gasteiger partial charge is 0.251 e. The maximum atomic E-state index is 13.0. The highest BCUT2D eigenvalue weighted by Gasteiger charge is 2.30. The number of hydrogen-bond acceptors (Lipinski definition) is 3. The predicted octanol–water partition coefficient (Wildman–Crippen LogP) is 4.72. The van der Waals surface area contributed by atoms with E-state index in [2.05, 4.69) is 29.6 Å². The lowest BCUT2D eigenvalue weighted by Crippen LogP contribution is -2.49. The Bertz CT molecular complexity index is 765. The Kier molecular flexibility index (Phi) is 7.46. The maximum Gasteiger partial charge on any atom is 0.251 e.